The van der Waals surface area contributed by atoms with Gasteiger partial charge in [-0.15, -0.1) is 6.58 Å². The molecule has 1 fully saturated rings. The highest BCUT2D eigenvalue weighted by Gasteiger charge is 2.32. The number of hydrogen-bond donors (Lipinski definition) is 1. The molecule has 3 rings (SSSR count). The summed E-state index contributed by atoms with van der Waals surface area (Å²) in [4.78, 5) is 25.5. The van der Waals surface area contributed by atoms with Crippen LogP contribution in [0.3, 0.4) is 0 Å². The zero-order chi connectivity index (χ0) is 22.5. The first-order chi connectivity index (χ1) is 14.8. The lowest BCUT2D eigenvalue weighted by atomic mass is 10.1. The summed E-state index contributed by atoms with van der Waals surface area (Å²) in [5.41, 5.74) is 1.66. The van der Waals surface area contributed by atoms with Gasteiger partial charge in [-0.05, 0) is 48.4 Å². The van der Waals surface area contributed by atoms with E-state index >= 15 is 0 Å². The van der Waals surface area contributed by atoms with Gasteiger partial charge in [-0.2, -0.15) is 0 Å². The normalized spacial score (nSPS) is 14.7. The molecule has 1 heterocycles. The van der Waals surface area contributed by atoms with E-state index in [9.17, 15) is 9.59 Å². The maximum absolute atomic E-state index is 12.4. The second kappa shape index (κ2) is 10.2. The fourth-order valence-corrected chi connectivity index (χ4v) is 3.61. The predicted octanol–water partition coefficient (Wildman–Crippen LogP) is 5.81. The molecular formula is C22H19BrCl2N2O4. The van der Waals surface area contributed by atoms with Crippen LogP contribution in [0.25, 0.3) is 6.08 Å². The predicted molar refractivity (Wildman–Crippen MR) is 125 cm³/mol. The largest absolute Gasteiger partial charge is 0.490 e. The maximum atomic E-state index is 12.4. The van der Waals surface area contributed by atoms with Crippen LogP contribution < -0.4 is 14.8 Å². The number of urea groups is 1. The Balaban J connectivity index is 1.86. The van der Waals surface area contributed by atoms with Crippen molar-refractivity contribution < 1.29 is 19.1 Å². The maximum Gasteiger partial charge on any atom is 0.329 e. The molecule has 1 aliphatic rings. The molecule has 2 aromatic carbocycles. The van der Waals surface area contributed by atoms with Crippen molar-refractivity contribution in [1.29, 1.82) is 0 Å². The smallest absolute Gasteiger partial charge is 0.329 e. The number of amides is 3. The number of carbonyl (C=O) groups is 2. The van der Waals surface area contributed by atoms with Gasteiger partial charge in [0, 0.05) is 11.0 Å². The number of nitrogens with zero attached hydrogens (tertiary/aromatic N) is 1. The van der Waals surface area contributed by atoms with E-state index in [1.54, 1.807) is 30.3 Å². The van der Waals surface area contributed by atoms with Crippen LogP contribution in [0, 0.1) is 0 Å². The van der Waals surface area contributed by atoms with Crippen molar-refractivity contribution in [3.8, 4) is 11.5 Å². The molecular weight excluding hydrogens is 507 g/mol. The van der Waals surface area contributed by atoms with Gasteiger partial charge in [0.25, 0.3) is 5.91 Å². The monoisotopic (exact) mass is 524 g/mol. The van der Waals surface area contributed by atoms with Crippen LogP contribution in [-0.2, 0) is 11.4 Å². The Morgan fingerprint density at radius 1 is 1.13 bits per heavy atom. The first kappa shape index (κ1) is 23.2. The second-order valence-electron chi connectivity index (χ2n) is 6.48. The van der Waals surface area contributed by atoms with Crippen molar-refractivity contribution >= 4 is 57.1 Å². The molecule has 1 aliphatic heterocycles. The van der Waals surface area contributed by atoms with E-state index in [1.807, 2.05) is 13.0 Å². The van der Waals surface area contributed by atoms with E-state index in [-0.39, 0.29) is 18.8 Å². The Morgan fingerprint density at radius 3 is 2.55 bits per heavy atom. The van der Waals surface area contributed by atoms with Gasteiger partial charge < -0.3 is 14.8 Å². The van der Waals surface area contributed by atoms with Crippen molar-refractivity contribution in [3.05, 3.63) is 74.3 Å². The number of rotatable bonds is 8. The Kier molecular flexibility index (Phi) is 7.64. The van der Waals surface area contributed by atoms with Crippen LogP contribution in [-0.4, -0.2) is 30.0 Å². The lowest BCUT2D eigenvalue weighted by Crippen LogP contribution is -2.30. The number of imide groups is 1. The highest BCUT2D eigenvalue weighted by atomic mass is 79.9. The van der Waals surface area contributed by atoms with Gasteiger partial charge in [-0.1, -0.05) is 51.3 Å². The van der Waals surface area contributed by atoms with E-state index in [4.69, 9.17) is 32.7 Å². The van der Waals surface area contributed by atoms with Crippen molar-refractivity contribution in [3.63, 3.8) is 0 Å². The number of benzene rings is 2. The van der Waals surface area contributed by atoms with Gasteiger partial charge in [0.05, 0.1) is 16.7 Å². The second-order valence-corrected chi connectivity index (χ2v) is 8.15. The van der Waals surface area contributed by atoms with E-state index < -0.39 is 11.9 Å². The topological polar surface area (TPSA) is 67.9 Å². The van der Waals surface area contributed by atoms with Crippen molar-refractivity contribution in [2.45, 2.75) is 13.5 Å². The molecule has 2 aromatic rings. The third-order valence-corrected chi connectivity index (χ3v) is 5.74. The molecule has 6 nitrogen and oxygen atoms in total. The summed E-state index contributed by atoms with van der Waals surface area (Å²) in [6.07, 6.45) is 3.07. The number of hydrogen-bond acceptors (Lipinski definition) is 4. The molecule has 31 heavy (non-hydrogen) atoms. The number of nitrogens with one attached hydrogen (secondary N) is 1. The van der Waals surface area contributed by atoms with Crippen molar-refractivity contribution in [1.82, 2.24) is 10.2 Å². The van der Waals surface area contributed by atoms with Gasteiger partial charge in [0.2, 0.25) is 0 Å². The molecule has 0 aliphatic carbocycles. The average molecular weight is 526 g/mol. The summed E-state index contributed by atoms with van der Waals surface area (Å²) >= 11 is 15.5. The minimum atomic E-state index is -0.487. The third-order valence-electron chi connectivity index (χ3n) is 4.32. The highest BCUT2D eigenvalue weighted by Crippen LogP contribution is 2.36. The molecule has 0 atom stereocenters. The Bertz CT molecular complexity index is 1070. The fourth-order valence-electron chi connectivity index (χ4n) is 2.86. The molecule has 0 spiro atoms. The zero-order valence-electron chi connectivity index (χ0n) is 16.6. The number of carbonyl (C=O) groups excluding carboxylic acids is 2. The van der Waals surface area contributed by atoms with Gasteiger partial charge in [0.1, 0.15) is 12.3 Å². The third kappa shape index (κ3) is 5.42. The van der Waals surface area contributed by atoms with E-state index in [0.717, 1.165) is 10.5 Å². The molecule has 0 saturated carbocycles. The quantitative estimate of drug-likeness (QED) is 0.268. The molecule has 3 amide bonds. The summed E-state index contributed by atoms with van der Waals surface area (Å²) < 4.78 is 12.3. The summed E-state index contributed by atoms with van der Waals surface area (Å²) in [6.45, 7) is 6.23. The van der Waals surface area contributed by atoms with E-state index in [2.05, 4.69) is 27.8 Å². The van der Waals surface area contributed by atoms with Gasteiger partial charge >= 0.3 is 6.03 Å². The van der Waals surface area contributed by atoms with Crippen LogP contribution >= 0.6 is 39.1 Å². The Labute approximate surface area is 198 Å². The fraction of sp³-hybridized carbons (Fsp3) is 0.182. The number of ether oxygens (including phenoxy) is 2. The minimum Gasteiger partial charge on any atom is -0.490 e. The van der Waals surface area contributed by atoms with Gasteiger partial charge in [0.15, 0.2) is 11.5 Å². The molecule has 0 aromatic heterocycles. The highest BCUT2D eigenvalue weighted by molar-refractivity contribution is 9.10. The Hall–Kier alpha value is -2.48. The molecule has 162 valence electrons. The molecule has 9 heteroatoms. The van der Waals surface area contributed by atoms with Crippen molar-refractivity contribution in [2.75, 3.05) is 13.2 Å². The lowest BCUT2D eigenvalue weighted by molar-refractivity contribution is -0.122. The van der Waals surface area contributed by atoms with Crippen molar-refractivity contribution in [2.24, 2.45) is 0 Å². The molecule has 0 radical (unpaired) electrons. The molecule has 1 N–H and O–H groups in total. The van der Waals surface area contributed by atoms with Crippen LogP contribution in [0.5, 0.6) is 11.5 Å². The zero-order valence-corrected chi connectivity index (χ0v) is 19.7. The summed E-state index contributed by atoms with van der Waals surface area (Å²) in [6, 6.07) is 8.27. The average Bonchev–Trinajstić information content (AvgIpc) is 2.99. The van der Waals surface area contributed by atoms with Crippen LogP contribution in [0.2, 0.25) is 10.0 Å². The minimum absolute atomic E-state index is 0.134. The standard InChI is InChI=1S/C22H19BrCl2N2O4/c1-3-7-27-21(28)18(26-22(27)29)9-14-10-19(30-4-2)20(11-15(14)23)31-12-13-5-6-16(24)17(25)8-13/h3,5-6,8-11H,1,4,7,12H2,2H3,(H,26,29)/b18-9+. The summed E-state index contributed by atoms with van der Waals surface area (Å²) in [5, 5.41) is 3.49. The van der Waals surface area contributed by atoms with Crippen LogP contribution in [0.15, 0.2) is 53.2 Å². The Morgan fingerprint density at radius 2 is 1.87 bits per heavy atom. The summed E-state index contributed by atoms with van der Waals surface area (Å²) in [5.74, 6) is 0.587. The summed E-state index contributed by atoms with van der Waals surface area (Å²) in [7, 11) is 0. The molecule has 1 saturated heterocycles. The first-order valence-corrected chi connectivity index (χ1v) is 10.9. The van der Waals surface area contributed by atoms with Gasteiger partial charge in [-0.3, -0.25) is 9.69 Å². The molecule has 0 unspecified atom stereocenters. The lowest BCUT2D eigenvalue weighted by Gasteiger charge is -2.14. The first-order valence-electron chi connectivity index (χ1n) is 9.32. The van der Waals surface area contributed by atoms with Crippen LogP contribution in [0.4, 0.5) is 4.79 Å². The SMILES string of the molecule is C=CCN1C(=O)N/C(=C/c2cc(OCC)c(OCc3ccc(Cl)c(Cl)c3)cc2Br)C1=O. The number of halogens is 3. The molecule has 0 bridgehead atoms. The van der Waals surface area contributed by atoms with Gasteiger partial charge in [-0.25, -0.2) is 4.79 Å². The van der Waals surface area contributed by atoms with E-state index in [0.29, 0.717) is 38.2 Å². The van der Waals surface area contributed by atoms with E-state index in [1.165, 1.54) is 6.08 Å². The van der Waals surface area contributed by atoms with Crippen LogP contribution in [0.1, 0.15) is 18.1 Å².